The Morgan fingerprint density at radius 1 is 1.29 bits per heavy atom. The number of amides is 1. The fraction of sp³-hybridized carbons (Fsp3) is 0.688. The molecule has 0 saturated carbocycles. The summed E-state index contributed by atoms with van der Waals surface area (Å²) in [7, 11) is 0. The number of likely N-dealkylation sites (tertiary alicyclic amines) is 1. The summed E-state index contributed by atoms with van der Waals surface area (Å²) >= 11 is 0. The van der Waals surface area contributed by atoms with E-state index in [2.05, 4.69) is 29.1 Å². The molecular formula is C16H26N4O. The molecule has 1 aromatic rings. The number of nitrogens with zero attached hydrogens (tertiary/aromatic N) is 3. The van der Waals surface area contributed by atoms with Gasteiger partial charge in [-0.05, 0) is 25.2 Å². The summed E-state index contributed by atoms with van der Waals surface area (Å²) in [4.78, 5) is 22.8. The Morgan fingerprint density at radius 3 is 2.81 bits per heavy atom. The summed E-state index contributed by atoms with van der Waals surface area (Å²) in [6, 6.07) is 0. The van der Waals surface area contributed by atoms with Gasteiger partial charge in [-0.1, -0.05) is 20.3 Å². The van der Waals surface area contributed by atoms with E-state index in [-0.39, 0.29) is 5.91 Å². The van der Waals surface area contributed by atoms with Gasteiger partial charge in [-0.15, -0.1) is 0 Å². The van der Waals surface area contributed by atoms with Crippen molar-refractivity contribution < 1.29 is 4.79 Å². The number of aromatic nitrogens is 2. The second kappa shape index (κ2) is 7.96. The van der Waals surface area contributed by atoms with Gasteiger partial charge in [-0.25, -0.2) is 4.98 Å². The molecule has 1 aromatic heterocycles. The predicted molar refractivity (Wildman–Crippen MR) is 83.9 cm³/mol. The van der Waals surface area contributed by atoms with Crippen molar-refractivity contribution in [2.75, 3.05) is 18.4 Å². The van der Waals surface area contributed by atoms with Gasteiger partial charge in [0.05, 0.1) is 24.6 Å². The van der Waals surface area contributed by atoms with E-state index in [1.165, 1.54) is 6.42 Å². The highest BCUT2D eigenvalue weighted by molar-refractivity contribution is 5.76. The molecule has 0 spiro atoms. The molecule has 0 aromatic carbocycles. The van der Waals surface area contributed by atoms with Crippen molar-refractivity contribution in [1.29, 1.82) is 0 Å². The molecule has 0 radical (unpaired) electrons. The average molecular weight is 290 g/mol. The zero-order valence-corrected chi connectivity index (χ0v) is 13.1. The van der Waals surface area contributed by atoms with Crippen LogP contribution in [-0.2, 0) is 11.3 Å². The molecule has 1 aliphatic rings. The Bertz CT molecular complexity index is 446. The number of hydrogen-bond donors (Lipinski definition) is 1. The van der Waals surface area contributed by atoms with Crippen LogP contribution in [0.4, 0.5) is 5.82 Å². The highest BCUT2D eigenvalue weighted by atomic mass is 16.2. The predicted octanol–water partition coefficient (Wildman–Crippen LogP) is 2.84. The largest absolute Gasteiger partial charge is 0.369 e. The van der Waals surface area contributed by atoms with Crippen LogP contribution in [-0.4, -0.2) is 33.9 Å². The molecule has 1 amide bonds. The van der Waals surface area contributed by atoms with E-state index in [4.69, 9.17) is 0 Å². The lowest BCUT2D eigenvalue weighted by Crippen LogP contribution is -2.30. The van der Waals surface area contributed by atoms with Gasteiger partial charge in [0.2, 0.25) is 5.91 Å². The van der Waals surface area contributed by atoms with Crippen LogP contribution < -0.4 is 5.32 Å². The number of nitrogens with one attached hydrogen (secondary N) is 1. The maximum absolute atomic E-state index is 12.2. The number of carbonyl (C=O) groups excluding carboxylic acids is 1. The molecule has 0 aliphatic carbocycles. The van der Waals surface area contributed by atoms with Crippen LogP contribution in [0.5, 0.6) is 0 Å². The molecule has 1 saturated heterocycles. The molecule has 1 fully saturated rings. The van der Waals surface area contributed by atoms with Gasteiger partial charge < -0.3 is 10.2 Å². The highest BCUT2D eigenvalue weighted by Gasteiger charge is 2.21. The first-order valence-electron chi connectivity index (χ1n) is 8.05. The van der Waals surface area contributed by atoms with E-state index in [1.54, 1.807) is 12.4 Å². The van der Waals surface area contributed by atoms with Crippen molar-refractivity contribution in [3.05, 3.63) is 18.1 Å². The minimum atomic E-state index is 0.251. The van der Waals surface area contributed by atoms with Gasteiger partial charge in [0.15, 0.2) is 0 Å². The molecule has 116 valence electrons. The Labute approximate surface area is 127 Å². The molecule has 0 bridgehead atoms. The average Bonchev–Trinajstić information content (AvgIpc) is 2.69. The van der Waals surface area contributed by atoms with Crippen LogP contribution >= 0.6 is 0 Å². The van der Waals surface area contributed by atoms with E-state index in [0.717, 1.165) is 43.9 Å². The van der Waals surface area contributed by atoms with Crippen molar-refractivity contribution in [2.45, 2.75) is 52.5 Å². The quantitative estimate of drug-likeness (QED) is 0.875. The van der Waals surface area contributed by atoms with E-state index < -0.39 is 0 Å². The molecular weight excluding hydrogens is 264 g/mol. The summed E-state index contributed by atoms with van der Waals surface area (Å²) in [5, 5.41) is 3.20. The van der Waals surface area contributed by atoms with Gasteiger partial charge in [0.1, 0.15) is 5.82 Å². The molecule has 1 aliphatic heterocycles. The van der Waals surface area contributed by atoms with Crippen molar-refractivity contribution >= 4 is 11.7 Å². The smallest absolute Gasteiger partial charge is 0.222 e. The van der Waals surface area contributed by atoms with Crippen molar-refractivity contribution in [3.63, 3.8) is 0 Å². The SMILES string of the molecule is CCCNc1cnc(CN2CCC(CC)CCC2=O)cn1. The minimum absolute atomic E-state index is 0.251. The molecule has 2 rings (SSSR count). The highest BCUT2D eigenvalue weighted by Crippen LogP contribution is 2.21. The number of carbonyl (C=O) groups is 1. The molecule has 2 heterocycles. The fourth-order valence-electron chi connectivity index (χ4n) is 2.64. The third-order valence-corrected chi connectivity index (χ3v) is 4.12. The topological polar surface area (TPSA) is 58.1 Å². The van der Waals surface area contributed by atoms with Crippen LogP contribution in [0.1, 0.15) is 51.6 Å². The first kappa shape index (κ1) is 15.7. The van der Waals surface area contributed by atoms with E-state index in [9.17, 15) is 4.79 Å². The lowest BCUT2D eigenvalue weighted by atomic mass is 9.98. The summed E-state index contributed by atoms with van der Waals surface area (Å²) in [5.74, 6) is 1.74. The van der Waals surface area contributed by atoms with E-state index in [1.807, 2.05) is 4.90 Å². The lowest BCUT2D eigenvalue weighted by molar-refractivity contribution is -0.131. The van der Waals surface area contributed by atoms with Crippen LogP contribution in [0.15, 0.2) is 12.4 Å². The number of anilines is 1. The zero-order chi connectivity index (χ0) is 15.1. The van der Waals surface area contributed by atoms with Crippen molar-refractivity contribution in [2.24, 2.45) is 5.92 Å². The summed E-state index contributed by atoms with van der Waals surface area (Å²) in [5.41, 5.74) is 0.861. The van der Waals surface area contributed by atoms with Crippen LogP contribution in [0.3, 0.4) is 0 Å². The third kappa shape index (κ3) is 4.69. The number of hydrogen-bond acceptors (Lipinski definition) is 4. The molecule has 21 heavy (non-hydrogen) atoms. The first-order chi connectivity index (χ1) is 10.2. The van der Waals surface area contributed by atoms with Crippen molar-refractivity contribution in [1.82, 2.24) is 14.9 Å². The van der Waals surface area contributed by atoms with Gasteiger partial charge in [-0.2, -0.15) is 0 Å². The maximum Gasteiger partial charge on any atom is 0.222 e. The second-order valence-electron chi connectivity index (χ2n) is 5.74. The standard InChI is InChI=1S/C16H26N4O/c1-3-8-17-15-11-18-14(10-19-15)12-20-9-7-13(4-2)5-6-16(20)21/h10-11,13H,3-9,12H2,1-2H3,(H,17,19). The Hall–Kier alpha value is -1.65. The van der Waals surface area contributed by atoms with Crippen LogP contribution in [0, 0.1) is 5.92 Å². The lowest BCUT2D eigenvalue weighted by Gasteiger charge is -2.20. The van der Waals surface area contributed by atoms with Gasteiger partial charge in [-0.3, -0.25) is 9.78 Å². The van der Waals surface area contributed by atoms with Gasteiger partial charge in [0, 0.05) is 19.5 Å². The Morgan fingerprint density at radius 2 is 2.14 bits per heavy atom. The first-order valence-corrected chi connectivity index (χ1v) is 8.05. The third-order valence-electron chi connectivity index (χ3n) is 4.12. The monoisotopic (exact) mass is 290 g/mol. The fourth-order valence-corrected chi connectivity index (χ4v) is 2.64. The summed E-state index contributed by atoms with van der Waals surface area (Å²) in [6.07, 6.45) is 8.55. The summed E-state index contributed by atoms with van der Waals surface area (Å²) in [6.45, 7) is 6.64. The minimum Gasteiger partial charge on any atom is -0.369 e. The van der Waals surface area contributed by atoms with Crippen LogP contribution in [0.2, 0.25) is 0 Å². The molecule has 1 unspecified atom stereocenters. The van der Waals surface area contributed by atoms with Gasteiger partial charge in [0.25, 0.3) is 0 Å². The molecule has 5 heteroatoms. The maximum atomic E-state index is 12.2. The Balaban J connectivity index is 1.92. The second-order valence-corrected chi connectivity index (χ2v) is 5.74. The molecule has 5 nitrogen and oxygen atoms in total. The Kier molecular flexibility index (Phi) is 5.96. The zero-order valence-electron chi connectivity index (χ0n) is 13.1. The number of rotatable bonds is 6. The summed E-state index contributed by atoms with van der Waals surface area (Å²) < 4.78 is 0. The van der Waals surface area contributed by atoms with Crippen molar-refractivity contribution in [3.8, 4) is 0 Å². The van der Waals surface area contributed by atoms with Gasteiger partial charge >= 0.3 is 0 Å². The van der Waals surface area contributed by atoms with Crippen LogP contribution in [0.25, 0.3) is 0 Å². The normalized spacial score (nSPS) is 19.4. The van der Waals surface area contributed by atoms with E-state index in [0.29, 0.717) is 18.9 Å². The molecule has 1 atom stereocenters. The van der Waals surface area contributed by atoms with E-state index >= 15 is 0 Å². The molecule has 1 N–H and O–H groups in total.